The van der Waals surface area contributed by atoms with Gasteiger partial charge in [-0.1, -0.05) is 6.92 Å². The maximum Gasteiger partial charge on any atom is 0.0829 e. The molecular formula is C15H29N3O. The summed E-state index contributed by atoms with van der Waals surface area (Å²) in [5.41, 5.74) is 6.17. The standard InChI is InChI=1S/C15H29N3O/c1-11-12(2)17(7-5-15(11)16)8-14-9-18-6-3-4-13(18)10-19-14/h11-15H,3-10,16H2,1-2H3. The van der Waals surface area contributed by atoms with Gasteiger partial charge in [-0.05, 0) is 38.6 Å². The van der Waals surface area contributed by atoms with Crippen molar-refractivity contribution in [3.8, 4) is 0 Å². The van der Waals surface area contributed by atoms with Crippen LogP contribution >= 0.6 is 0 Å². The van der Waals surface area contributed by atoms with E-state index in [-0.39, 0.29) is 0 Å². The van der Waals surface area contributed by atoms with Gasteiger partial charge in [-0.25, -0.2) is 0 Å². The first-order valence-electron chi connectivity index (χ1n) is 8.00. The Bertz CT molecular complexity index is 312. The summed E-state index contributed by atoms with van der Waals surface area (Å²) in [6.07, 6.45) is 4.22. The molecule has 5 unspecified atom stereocenters. The van der Waals surface area contributed by atoms with E-state index in [4.69, 9.17) is 10.5 Å². The van der Waals surface area contributed by atoms with E-state index in [0.717, 1.165) is 32.7 Å². The average Bonchev–Trinajstić information content (AvgIpc) is 2.87. The Hall–Kier alpha value is -0.160. The Balaban J connectivity index is 1.53. The molecule has 19 heavy (non-hydrogen) atoms. The lowest BCUT2D eigenvalue weighted by Crippen LogP contribution is -2.56. The number of nitrogens with zero attached hydrogens (tertiary/aromatic N) is 2. The molecule has 3 saturated heterocycles. The molecule has 3 rings (SSSR count). The summed E-state index contributed by atoms with van der Waals surface area (Å²) in [5, 5.41) is 0. The molecule has 4 heteroatoms. The third-order valence-electron chi connectivity index (χ3n) is 5.66. The number of ether oxygens (including phenoxy) is 1. The van der Waals surface area contributed by atoms with E-state index in [0.29, 0.717) is 30.1 Å². The Morgan fingerprint density at radius 2 is 2.05 bits per heavy atom. The van der Waals surface area contributed by atoms with Gasteiger partial charge in [-0.2, -0.15) is 0 Å². The summed E-state index contributed by atoms with van der Waals surface area (Å²) < 4.78 is 6.09. The van der Waals surface area contributed by atoms with Gasteiger partial charge in [0.1, 0.15) is 0 Å². The highest BCUT2D eigenvalue weighted by atomic mass is 16.5. The van der Waals surface area contributed by atoms with Crippen molar-refractivity contribution >= 4 is 0 Å². The van der Waals surface area contributed by atoms with Crippen LogP contribution in [0.4, 0.5) is 0 Å². The molecule has 4 nitrogen and oxygen atoms in total. The Kier molecular flexibility index (Phi) is 4.13. The number of morpholine rings is 1. The third-order valence-corrected chi connectivity index (χ3v) is 5.66. The van der Waals surface area contributed by atoms with E-state index in [2.05, 4.69) is 23.6 Å². The molecule has 0 aromatic carbocycles. The smallest absolute Gasteiger partial charge is 0.0829 e. The van der Waals surface area contributed by atoms with Crippen LogP contribution in [-0.4, -0.2) is 66.8 Å². The summed E-state index contributed by atoms with van der Waals surface area (Å²) >= 11 is 0. The molecule has 0 aliphatic carbocycles. The van der Waals surface area contributed by atoms with E-state index in [1.165, 1.54) is 19.4 Å². The zero-order chi connectivity index (χ0) is 13.4. The highest BCUT2D eigenvalue weighted by Crippen LogP contribution is 2.26. The number of likely N-dealkylation sites (tertiary alicyclic amines) is 1. The molecule has 2 N–H and O–H groups in total. The molecule has 0 radical (unpaired) electrons. The van der Waals surface area contributed by atoms with Crippen LogP contribution in [-0.2, 0) is 4.74 Å². The van der Waals surface area contributed by atoms with Crippen LogP contribution in [0, 0.1) is 5.92 Å². The molecule has 3 aliphatic heterocycles. The Labute approximate surface area is 117 Å². The molecule has 3 fully saturated rings. The van der Waals surface area contributed by atoms with Crippen LogP contribution < -0.4 is 5.73 Å². The predicted octanol–water partition coefficient (Wildman–Crippen LogP) is 0.907. The molecule has 5 atom stereocenters. The predicted molar refractivity (Wildman–Crippen MR) is 77.1 cm³/mol. The van der Waals surface area contributed by atoms with Crippen LogP contribution in [0.1, 0.15) is 33.1 Å². The summed E-state index contributed by atoms with van der Waals surface area (Å²) in [6.45, 7) is 10.2. The van der Waals surface area contributed by atoms with Crippen molar-refractivity contribution in [3.63, 3.8) is 0 Å². The highest BCUT2D eigenvalue weighted by Gasteiger charge is 2.36. The van der Waals surface area contributed by atoms with Crippen molar-refractivity contribution < 1.29 is 4.74 Å². The summed E-state index contributed by atoms with van der Waals surface area (Å²) in [6, 6.07) is 1.67. The first-order chi connectivity index (χ1) is 9.15. The maximum atomic E-state index is 6.17. The molecule has 0 saturated carbocycles. The number of hydrogen-bond acceptors (Lipinski definition) is 4. The lowest BCUT2D eigenvalue weighted by Gasteiger charge is -2.44. The molecule has 3 heterocycles. The highest BCUT2D eigenvalue weighted by molar-refractivity contribution is 4.90. The normalized spacial score (nSPS) is 45.3. The van der Waals surface area contributed by atoms with Gasteiger partial charge in [0.15, 0.2) is 0 Å². The molecule has 110 valence electrons. The lowest BCUT2D eigenvalue weighted by molar-refractivity contribution is -0.0715. The van der Waals surface area contributed by atoms with Gasteiger partial charge in [0.2, 0.25) is 0 Å². The minimum atomic E-state index is 0.376. The largest absolute Gasteiger partial charge is 0.374 e. The number of fused-ring (bicyclic) bond motifs is 1. The van der Waals surface area contributed by atoms with Crippen LogP contribution in [0.5, 0.6) is 0 Å². The van der Waals surface area contributed by atoms with Gasteiger partial charge in [0.05, 0.1) is 12.7 Å². The summed E-state index contributed by atoms with van der Waals surface area (Å²) in [5.74, 6) is 0.594. The molecule has 0 aromatic heterocycles. The quantitative estimate of drug-likeness (QED) is 0.807. The second-order valence-electron chi connectivity index (χ2n) is 6.79. The van der Waals surface area contributed by atoms with Crippen molar-refractivity contribution in [2.24, 2.45) is 11.7 Å². The third kappa shape index (κ3) is 2.82. The van der Waals surface area contributed by atoms with Crippen molar-refractivity contribution in [3.05, 3.63) is 0 Å². The zero-order valence-corrected chi connectivity index (χ0v) is 12.4. The van der Waals surface area contributed by atoms with Crippen molar-refractivity contribution in [2.75, 3.05) is 32.8 Å². The van der Waals surface area contributed by atoms with E-state index in [9.17, 15) is 0 Å². The zero-order valence-electron chi connectivity index (χ0n) is 12.4. The van der Waals surface area contributed by atoms with Gasteiger partial charge in [0.25, 0.3) is 0 Å². The van der Waals surface area contributed by atoms with Gasteiger partial charge in [-0.15, -0.1) is 0 Å². The Morgan fingerprint density at radius 1 is 1.21 bits per heavy atom. The van der Waals surface area contributed by atoms with E-state index in [1.807, 2.05) is 0 Å². The van der Waals surface area contributed by atoms with Gasteiger partial charge < -0.3 is 10.5 Å². The van der Waals surface area contributed by atoms with E-state index >= 15 is 0 Å². The molecule has 0 amide bonds. The minimum Gasteiger partial charge on any atom is -0.374 e. The van der Waals surface area contributed by atoms with Crippen LogP contribution in [0.15, 0.2) is 0 Å². The fourth-order valence-corrected chi connectivity index (χ4v) is 3.99. The van der Waals surface area contributed by atoms with Gasteiger partial charge in [0, 0.05) is 37.8 Å². The van der Waals surface area contributed by atoms with Gasteiger partial charge in [-0.3, -0.25) is 9.80 Å². The average molecular weight is 267 g/mol. The lowest BCUT2D eigenvalue weighted by atomic mass is 9.87. The fraction of sp³-hybridized carbons (Fsp3) is 1.00. The Morgan fingerprint density at radius 3 is 2.89 bits per heavy atom. The van der Waals surface area contributed by atoms with Crippen LogP contribution in [0.2, 0.25) is 0 Å². The maximum absolute atomic E-state index is 6.17. The number of nitrogens with two attached hydrogens (primary N) is 1. The topological polar surface area (TPSA) is 41.7 Å². The molecule has 0 bridgehead atoms. The second kappa shape index (κ2) is 5.68. The number of piperidine rings is 1. The van der Waals surface area contributed by atoms with Crippen molar-refractivity contribution in [1.29, 1.82) is 0 Å². The van der Waals surface area contributed by atoms with Crippen LogP contribution in [0.3, 0.4) is 0 Å². The summed E-state index contributed by atoms with van der Waals surface area (Å²) in [4.78, 5) is 5.23. The molecule has 0 spiro atoms. The second-order valence-corrected chi connectivity index (χ2v) is 6.79. The van der Waals surface area contributed by atoms with Gasteiger partial charge >= 0.3 is 0 Å². The SMILES string of the molecule is CC1C(N)CCN(CC2CN3CCCC3CO2)C1C. The monoisotopic (exact) mass is 267 g/mol. The summed E-state index contributed by atoms with van der Waals surface area (Å²) in [7, 11) is 0. The van der Waals surface area contributed by atoms with Crippen molar-refractivity contribution in [1.82, 2.24) is 9.80 Å². The number of rotatable bonds is 2. The molecule has 0 aromatic rings. The fourth-order valence-electron chi connectivity index (χ4n) is 3.99. The first-order valence-corrected chi connectivity index (χ1v) is 8.00. The first kappa shape index (κ1) is 13.8. The van der Waals surface area contributed by atoms with E-state index < -0.39 is 0 Å². The van der Waals surface area contributed by atoms with E-state index in [1.54, 1.807) is 0 Å². The molecular weight excluding hydrogens is 238 g/mol. The molecule has 3 aliphatic rings. The van der Waals surface area contributed by atoms with Crippen LogP contribution in [0.25, 0.3) is 0 Å². The number of hydrogen-bond donors (Lipinski definition) is 1. The minimum absolute atomic E-state index is 0.376. The van der Waals surface area contributed by atoms with Crippen molar-refractivity contribution in [2.45, 2.75) is 57.3 Å².